The maximum atomic E-state index is 13.3. The van der Waals surface area contributed by atoms with Crippen LogP contribution in [0.3, 0.4) is 0 Å². The molecule has 19 heavy (non-hydrogen) atoms. The van der Waals surface area contributed by atoms with Crippen molar-refractivity contribution in [2.75, 3.05) is 6.54 Å². The van der Waals surface area contributed by atoms with Crippen molar-refractivity contribution >= 4 is 5.91 Å². The van der Waals surface area contributed by atoms with Crippen molar-refractivity contribution in [3.8, 4) is 0 Å². The number of amides is 1. The number of carbonyl (C=O) groups excluding carboxylic acids is 1. The van der Waals surface area contributed by atoms with E-state index >= 15 is 0 Å². The molecule has 0 aromatic heterocycles. The van der Waals surface area contributed by atoms with Gasteiger partial charge in [-0.25, -0.2) is 8.78 Å². The number of benzene rings is 1. The van der Waals surface area contributed by atoms with E-state index in [4.69, 9.17) is 0 Å². The second-order valence-electron chi connectivity index (χ2n) is 4.83. The Morgan fingerprint density at radius 1 is 1.32 bits per heavy atom. The zero-order valence-electron chi connectivity index (χ0n) is 11.1. The average molecular weight is 271 g/mol. The summed E-state index contributed by atoms with van der Waals surface area (Å²) in [4.78, 5) is 11.5. The van der Waals surface area contributed by atoms with Crippen molar-refractivity contribution in [2.24, 2.45) is 5.92 Å². The van der Waals surface area contributed by atoms with E-state index in [0.29, 0.717) is 6.42 Å². The quantitative estimate of drug-likeness (QED) is 0.831. The van der Waals surface area contributed by atoms with Crippen LogP contribution >= 0.6 is 0 Å². The highest BCUT2D eigenvalue weighted by atomic mass is 19.1. The summed E-state index contributed by atoms with van der Waals surface area (Å²) in [5, 5.41) is 12.1. The molecule has 0 aliphatic heterocycles. The van der Waals surface area contributed by atoms with Crippen LogP contribution in [0.4, 0.5) is 8.78 Å². The molecule has 1 aromatic rings. The Morgan fingerprint density at radius 3 is 2.42 bits per heavy atom. The first-order valence-electron chi connectivity index (χ1n) is 6.29. The van der Waals surface area contributed by atoms with E-state index < -0.39 is 23.6 Å². The van der Waals surface area contributed by atoms with Gasteiger partial charge in [-0.15, -0.1) is 0 Å². The monoisotopic (exact) mass is 271 g/mol. The first kappa shape index (κ1) is 15.6. The number of aliphatic hydroxyl groups excluding tert-OH is 1. The zero-order valence-corrected chi connectivity index (χ0v) is 11.1. The summed E-state index contributed by atoms with van der Waals surface area (Å²) in [5.41, 5.74) is -0.232. The van der Waals surface area contributed by atoms with Crippen LogP contribution < -0.4 is 5.32 Å². The lowest BCUT2D eigenvalue weighted by Gasteiger charge is -2.14. The Balaban J connectivity index is 2.44. The third-order valence-electron chi connectivity index (χ3n) is 2.93. The Labute approximate surface area is 111 Å². The van der Waals surface area contributed by atoms with Crippen molar-refractivity contribution in [1.29, 1.82) is 0 Å². The minimum atomic E-state index is -0.725. The minimum Gasteiger partial charge on any atom is -0.393 e. The van der Waals surface area contributed by atoms with Gasteiger partial charge in [-0.3, -0.25) is 4.79 Å². The number of carbonyl (C=O) groups is 1. The Bertz CT molecular complexity index is 415. The van der Waals surface area contributed by atoms with Crippen molar-refractivity contribution in [3.63, 3.8) is 0 Å². The standard InChI is InChI=1S/C14H19F2NO2/c1-9(2)13(18)6-7-17-14(19)8-10-11(15)4-3-5-12(10)16/h3-5,9,13,18H,6-8H2,1-2H3,(H,17,19). The Morgan fingerprint density at radius 2 is 1.89 bits per heavy atom. The molecule has 0 radical (unpaired) electrons. The predicted molar refractivity (Wildman–Crippen MR) is 68.5 cm³/mol. The summed E-state index contributed by atoms with van der Waals surface area (Å²) < 4.78 is 26.6. The van der Waals surface area contributed by atoms with E-state index in [1.165, 1.54) is 6.07 Å². The lowest BCUT2D eigenvalue weighted by molar-refractivity contribution is -0.120. The van der Waals surface area contributed by atoms with Gasteiger partial charge in [-0.2, -0.15) is 0 Å². The van der Waals surface area contributed by atoms with Crippen LogP contribution in [0.25, 0.3) is 0 Å². The number of hydrogen-bond donors (Lipinski definition) is 2. The fraction of sp³-hybridized carbons (Fsp3) is 0.500. The van der Waals surface area contributed by atoms with Crippen LogP contribution in [-0.4, -0.2) is 23.7 Å². The van der Waals surface area contributed by atoms with E-state index in [9.17, 15) is 18.7 Å². The summed E-state index contributed by atoms with van der Waals surface area (Å²) in [6.07, 6.45) is -0.412. The lowest BCUT2D eigenvalue weighted by Crippen LogP contribution is -2.30. The van der Waals surface area contributed by atoms with Gasteiger partial charge in [0.15, 0.2) is 0 Å². The molecule has 0 heterocycles. The second kappa shape index (κ2) is 7.19. The third-order valence-corrected chi connectivity index (χ3v) is 2.93. The first-order valence-corrected chi connectivity index (χ1v) is 6.29. The van der Waals surface area contributed by atoms with Crippen LogP contribution in [0.5, 0.6) is 0 Å². The summed E-state index contributed by atoms with van der Waals surface area (Å²) >= 11 is 0. The maximum absolute atomic E-state index is 13.3. The molecule has 0 spiro atoms. The van der Waals surface area contributed by atoms with E-state index in [0.717, 1.165) is 12.1 Å². The van der Waals surface area contributed by atoms with Crippen LogP contribution in [0.2, 0.25) is 0 Å². The van der Waals surface area contributed by atoms with Gasteiger partial charge in [-0.05, 0) is 24.5 Å². The number of rotatable bonds is 6. The minimum absolute atomic E-state index is 0.112. The summed E-state index contributed by atoms with van der Waals surface area (Å²) in [7, 11) is 0. The largest absolute Gasteiger partial charge is 0.393 e. The van der Waals surface area contributed by atoms with Gasteiger partial charge in [-0.1, -0.05) is 19.9 Å². The fourth-order valence-electron chi connectivity index (χ4n) is 1.62. The molecule has 1 amide bonds. The second-order valence-corrected chi connectivity index (χ2v) is 4.83. The molecule has 0 saturated heterocycles. The molecule has 3 nitrogen and oxygen atoms in total. The molecule has 0 aliphatic rings. The first-order chi connectivity index (χ1) is 8.91. The predicted octanol–water partition coefficient (Wildman–Crippen LogP) is 2.03. The molecule has 106 valence electrons. The molecular weight excluding hydrogens is 252 g/mol. The van der Waals surface area contributed by atoms with Crippen molar-refractivity contribution in [1.82, 2.24) is 5.32 Å². The SMILES string of the molecule is CC(C)C(O)CCNC(=O)Cc1c(F)cccc1F. The Kier molecular flexibility index (Phi) is 5.89. The van der Waals surface area contributed by atoms with Crippen LogP contribution in [-0.2, 0) is 11.2 Å². The topological polar surface area (TPSA) is 49.3 Å². The average Bonchev–Trinajstić information content (AvgIpc) is 2.33. The molecule has 1 aromatic carbocycles. The molecule has 2 N–H and O–H groups in total. The smallest absolute Gasteiger partial charge is 0.224 e. The number of nitrogens with one attached hydrogen (secondary N) is 1. The van der Waals surface area contributed by atoms with Gasteiger partial charge < -0.3 is 10.4 Å². The molecule has 0 fully saturated rings. The normalized spacial score (nSPS) is 12.5. The van der Waals surface area contributed by atoms with Gasteiger partial charge in [0.2, 0.25) is 5.91 Å². The highest BCUT2D eigenvalue weighted by Crippen LogP contribution is 2.12. The molecule has 1 rings (SSSR count). The molecule has 5 heteroatoms. The summed E-state index contributed by atoms with van der Waals surface area (Å²) in [6, 6.07) is 3.49. The van der Waals surface area contributed by atoms with E-state index in [-0.39, 0.29) is 24.4 Å². The van der Waals surface area contributed by atoms with Crippen molar-refractivity contribution in [2.45, 2.75) is 32.8 Å². The highest BCUT2D eigenvalue weighted by Gasteiger charge is 2.13. The molecule has 0 aliphatic carbocycles. The fourth-order valence-corrected chi connectivity index (χ4v) is 1.62. The summed E-state index contributed by atoms with van der Waals surface area (Å²) in [5.74, 6) is -1.80. The number of aliphatic hydroxyl groups is 1. The van der Waals surface area contributed by atoms with Crippen LogP contribution in [0.1, 0.15) is 25.8 Å². The van der Waals surface area contributed by atoms with E-state index in [2.05, 4.69) is 5.32 Å². The van der Waals surface area contributed by atoms with Gasteiger partial charge >= 0.3 is 0 Å². The Hall–Kier alpha value is -1.49. The van der Waals surface area contributed by atoms with Gasteiger partial charge in [0.05, 0.1) is 12.5 Å². The summed E-state index contributed by atoms with van der Waals surface area (Å²) in [6.45, 7) is 4.04. The van der Waals surface area contributed by atoms with Crippen molar-refractivity contribution < 1.29 is 18.7 Å². The van der Waals surface area contributed by atoms with Crippen LogP contribution in [0.15, 0.2) is 18.2 Å². The van der Waals surface area contributed by atoms with Gasteiger partial charge in [0.1, 0.15) is 11.6 Å². The number of hydrogen-bond acceptors (Lipinski definition) is 2. The van der Waals surface area contributed by atoms with Crippen LogP contribution in [0, 0.1) is 17.6 Å². The molecular formula is C14H19F2NO2. The van der Waals surface area contributed by atoms with Gasteiger partial charge in [0, 0.05) is 12.1 Å². The van der Waals surface area contributed by atoms with Gasteiger partial charge in [0.25, 0.3) is 0 Å². The zero-order chi connectivity index (χ0) is 14.4. The lowest BCUT2D eigenvalue weighted by atomic mass is 10.0. The van der Waals surface area contributed by atoms with Crippen molar-refractivity contribution in [3.05, 3.63) is 35.4 Å². The van der Waals surface area contributed by atoms with E-state index in [1.807, 2.05) is 13.8 Å². The molecule has 1 unspecified atom stereocenters. The number of halogens is 2. The third kappa shape index (κ3) is 4.95. The molecule has 0 bridgehead atoms. The molecule has 0 saturated carbocycles. The molecule has 1 atom stereocenters. The highest BCUT2D eigenvalue weighted by molar-refractivity contribution is 5.78. The maximum Gasteiger partial charge on any atom is 0.224 e. The van der Waals surface area contributed by atoms with E-state index in [1.54, 1.807) is 0 Å².